The third-order valence-corrected chi connectivity index (χ3v) is 3.41. The second-order valence-corrected chi connectivity index (χ2v) is 6.04. The number of hydrogen-bond acceptors (Lipinski definition) is 4. The Bertz CT molecular complexity index is 717. The molecular weight excluding hydrogens is 316 g/mol. The number of nitrogens with zero attached hydrogens (tertiary/aromatic N) is 1. The molecule has 2 aromatic rings. The average Bonchev–Trinajstić information content (AvgIpc) is 2.55. The van der Waals surface area contributed by atoms with Gasteiger partial charge in [0.25, 0.3) is 5.91 Å². The summed E-state index contributed by atoms with van der Waals surface area (Å²) in [6, 6.07) is 13.3. The van der Waals surface area contributed by atoms with Gasteiger partial charge in [-0.3, -0.25) is 4.79 Å². The Hall–Kier alpha value is -2.82. The van der Waals surface area contributed by atoms with Gasteiger partial charge >= 0.3 is 0 Å². The van der Waals surface area contributed by atoms with Crippen LogP contribution in [0.5, 0.6) is 11.5 Å². The lowest BCUT2D eigenvalue weighted by Crippen LogP contribution is -2.25. The molecule has 0 atom stereocenters. The molecule has 0 aliphatic rings. The Kier molecular flexibility index (Phi) is 6.57. The molecule has 5 heteroatoms. The zero-order valence-corrected chi connectivity index (χ0v) is 15.1. The van der Waals surface area contributed by atoms with Gasteiger partial charge in [0.1, 0.15) is 11.5 Å². The van der Waals surface area contributed by atoms with Crippen molar-refractivity contribution in [1.82, 2.24) is 5.43 Å². The van der Waals surface area contributed by atoms with Crippen LogP contribution in [0.1, 0.15) is 30.5 Å². The van der Waals surface area contributed by atoms with E-state index in [0.717, 1.165) is 28.2 Å². The number of hydrogen-bond donors (Lipinski definition) is 1. The number of aryl methyl sites for hydroxylation is 2. The maximum Gasteiger partial charge on any atom is 0.277 e. The molecule has 2 aromatic carbocycles. The lowest BCUT2D eigenvalue weighted by molar-refractivity contribution is -0.123. The Balaban J connectivity index is 1.82. The smallest absolute Gasteiger partial charge is 0.277 e. The number of carbonyl (C=O) groups excluding carboxylic acids is 1. The van der Waals surface area contributed by atoms with E-state index in [9.17, 15) is 4.79 Å². The fourth-order valence-corrected chi connectivity index (χ4v) is 2.28. The van der Waals surface area contributed by atoms with E-state index in [1.54, 1.807) is 6.21 Å². The molecule has 0 aromatic heterocycles. The number of ether oxygens (including phenoxy) is 2. The highest BCUT2D eigenvalue weighted by atomic mass is 16.5. The molecule has 132 valence electrons. The molecule has 25 heavy (non-hydrogen) atoms. The predicted octanol–water partition coefficient (Wildman–Crippen LogP) is 3.62. The summed E-state index contributed by atoms with van der Waals surface area (Å²) in [7, 11) is 0. The van der Waals surface area contributed by atoms with Crippen LogP contribution < -0.4 is 14.9 Å². The number of nitrogens with one attached hydrogen (secondary N) is 1. The van der Waals surface area contributed by atoms with Crippen LogP contribution in [0.2, 0.25) is 0 Å². The molecule has 1 N–H and O–H groups in total. The highest BCUT2D eigenvalue weighted by molar-refractivity contribution is 5.83. The molecule has 0 saturated heterocycles. The number of amides is 1. The van der Waals surface area contributed by atoms with Crippen molar-refractivity contribution in [3.05, 3.63) is 59.2 Å². The largest absolute Gasteiger partial charge is 0.491 e. The quantitative estimate of drug-likeness (QED) is 0.618. The zero-order chi connectivity index (χ0) is 18.2. The van der Waals surface area contributed by atoms with Crippen LogP contribution in [0, 0.1) is 13.8 Å². The van der Waals surface area contributed by atoms with E-state index in [1.807, 2.05) is 70.2 Å². The van der Waals surface area contributed by atoms with Gasteiger partial charge in [-0.15, -0.1) is 0 Å². The van der Waals surface area contributed by atoms with Crippen LogP contribution in [0.4, 0.5) is 0 Å². The summed E-state index contributed by atoms with van der Waals surface area (Å²) < 4.78 is 11.2. The van der Waals surface area contributed by atoms with Crippen molar-refractivity contribution in [3.63, 3.8) is 0 Å². The van der Waals surface area contributed by atoms with Gasteiger partial charge in [-0.25, -0.2) is 5.43 Å². The normalized spacial score (nSPS) is 10.9. The van der Waals surface area contributed by atoms with Crippen molar-refractivity contribution in [3.8, 4) is 11.5 Å². The van der Waals surface area contributed by atoms with Gasteiger partial charge in [0, 0.05) is 0 Å². The van der Waals surface area contributed by atoms with Gasteiger partial charge in [0.05, 0.1) is 12.3 Å². The summed E-state index contributed by atoms with van der Waals surface area (Å²) in [6.07, 6.45) is 1.71. The van der Waals surface area contributed by atoms with Gasteiger partial charge in [0.2, 0.25) is 0 Å². The van der Waals surface area contributed by atoms with Crippen molar-refractivity contribution in [2.75, 3.05) is 6.61 Å². The SMILES string of the molecule is Cc1cccc(C)c1OCC(=O)N/N=C\c1ccc(OC(C)C)cc1. The van der Waals surface area contributed by atoms with Gasteiger partial charge in [-0.05, 0) is 68.7 Å². The predicted molar refractivity (Wildman–Crippen MR) is 99.4 cm³/mol. The fraction of sp³-hybridized carbons (Fsp3) is 0.300. The highest BCUT2D eigenvalue weighted by Crippen LogP contribution is 2.22. The lowest BCUT2D eigenvalue weighted by Gasteiger charge is -2.10. The molecule has 0 aliphatic heterocycles. The van der Waals surface area contributed by atoms with E-state index in [1.165, 1.54) is 0 Å². The molecule has 0 radical (unpaired) electrons. The topological polar surface area (TPSA) is 59.9 Å². The third kappa shape index (κ3) is 5.95. The van der Waals surface area contributed by atoms with E-state index in [4.69, 9.17) is 9.47 Å². The van der Waals surface area contributed by atoms with Crippen molar-refractivity contribution in [2.45, 2.75) is 33.8 Å². The van der Waals surface area contributed by atoms with Gasteiger partial charge in [0.15, 0.2) is 6.61 Å². The Morgan fingerprint density at radius 1 is 1.12 bits per heavy atom. The molecule has 0 unspecified atom stereocenters. The first-order chi connectivity index (χ1) is 12.0. The molecule has 2 rings (SSSR count). The second-order valence-electron chi connectivity index (χ2n) is 6.04. The molecule has 1 amide bonds. The number of hydrazone groups is 1. The summed E-state index contributed by atoms with van der Waals surface area (Å²) in [6.45, 7) is 7.77. The number of benzene rings is 2. The molecule has 0 aliphatic carbocycles. The average molecular weight is 340 g/mol. The van der Waals surface area contributed by atoms with E-state index in [-0.39, 0.29) is 18.6 Å². The van der Waals surface area contributed by atoms with Crippen LogP contribution in [-0.2, 0) is 4.79 Å². The summed E-state index contributed by atoms with van der Waals surface area (Å²) in [5, 5.41) is 3.94. The van der Waals surface area contributed by atoms with E-state index in [0.29, 0.717) is 0 Å². The molecule has 5 nitrogen and oxygen atoms in total. The maximum atomic E-state index is 11.8. The molecule has 0 fully saturated rings. The summed E-state index contributed by atoms with van der Waals surface area (Å²) in [4.78, 5) is 11.8. The van der Waals surface area contributed by atoms with Crippen LogP contribution in [0.3, 0.4) is 0 Å². The number of carbonyl (C=O) groups is 1. The molecule has 0 spiro atoms. The van der Waals surface area contributed by atoms with Crippen molar-refractivity contribution < 1.29 is 14.3 Å². The standard InChI is InChI=1S/C20H24N2O3/c1-14(2)25-18-10-8-17(9-11-18)12-21-22-19(23)13-24-20-15(3)6-5-7-16(20)4/h5-12,14H,13H2,1-4H3,(H,22,23)/b21-12-. The van der Waals surface area contributed by atoms with E-state index >= 15 is 0 Å². The highest BCUT2D eigenvalue weighted by Gasteiger charge is 2.06. The second kappa shape index (κ2) is 8.87. The molecule has 0 saturated carbocycles. The van der Waals surface area contributed by atoms with E-state index < -0.39 is 0 Å². The van der Waals surface area contributed by atoms with Crippen molar-refractivity contribution >= 4 is 12.1 Å². The minimum Gasteiger partial charge on any atom is -0.491 e. The van der Waals surface area contributed by atoms with Gasteiger partial charge in [-0.1, -0.05) is 18.2 Å². The van der Waals surface area contributed by atoms with Crippen LogP contribution >= 0.6 is 0 Å². The number of para-hydroxylation sites is 1. The zero-order valence-electron chi connectivity index (χ0n) is 15.1. The minimum atomic E-state index is -0.307. The van der Waals surface area contributed by atoms with Crippen LogP contribution in [0.25, 0.3) is 0 Å². The first kappa shape index (κ1) is 18.5. The van der Waals surface area contributed by atoms with Crippen LogP contribution in [-0.4, -0.2) is 24.8 Å². The Labute approximate surface area is 148 Å². The van der Waals surface area contributed by atoms with Crippen molar-refractivity contribution in [2.24, 2.45) is 5.10 Å². The number of rotatable bonds is 7. The summed E-state index contributed by atoms with van der Waals surface area (Å²) >= 11 is 0. The minimum absolute atomic E-state index is 0.0792. The van der Waals surface area contributed by atoms with Crippen molar-refractivity contribution in [1.29, 1.82) is 0 Å². The van der Waals surface area contributed by atoms with Gasteiger partial charge in [-0.2, -0.15) is 5.10 Å². The fourth-order valence-electron chi connectivity index (χ4n) is 2.28. The van der Waals surface area contributed by atoms with Gasteiger partial charge < -0.3 is 9.47 Å². The first-order valence-corrected chi connectivity index (χ1v) is 8.23. The Morgan fingerprint density at radius 2 is 1.76 bits per heavy atom. The molecule has 0 bridgehead atoms. The third-order valence-electron chi connectivity index (χ3n) is 3.41. The van der Waals surface area contributed by atoms with Crippen LogP contribution in [0.15, 0.2) is 47.6 Å². The summed E-state index contributed by atoms with van der Waals surface area (Å²) in [5.74, 6) is 1.24. The lowest BCUT2D eigenvalue weighted by atomic mass is 10.1. The van der Waals surface area contributed by atoms with E-state index in [2.05, 4.69) is 10.5 Å². The Morgan fingerprint density at radius 3 is 2.36 bits per heavy atom. The summed E-state index contributed by atoms with van der Waals surface area (Å²) in [5.41, 5.74) is 5.33. The molecule has 0 heterocycles. The first-order valence-electron chi connectivity index (χ1n) is 8.23. The monoisotopic (exact) mass is 340 g/mol. The maximum absolute atomic E-state index is 11.8. The molecular formula is C20H24N2O3.